The lowest BCUT2D eigenvalue weighted by atomic mass is 10.2. The molecule has 3 aromatic rings. The van der Waals surface area contributed by atoms with Crippen molar-refractivity contribution in [1.29, 1.82) is 0 Å². The van der Waals surface area contributed by atoms with Crippen LogP contribution in [0.25, 0.3) is 10.9 Å². The molecule has 0 amide bonds. The van der Waals surface area contributed by atoms with E-state index in [1.54, 1.807) is 18.5 Å². The Bertz CT molecular complexity index is 886. The number of para-hydroxylation sites is 1. The number of nitrogens with zero attached hydrogens (tertiary/aromatic N) is 4. The number of piperazine rings is 1. The van der Waals surface area contributed by atoms with Gasteiger partial charge in [-0.25, -0.2) is 15.0 Å². The third-order valence-electron chi connectivity index (χ3n) is 4.38. The number of H-pyrrole nitrogens is 1. The largest absolute Gasteiger partial charge is 0.330 e. The van der Waals surface area contributed by atoms with E-state index < -0.39 is 0 Å². The molecule has 1 aromatic carbocycles. The van der Waals surface area contributed by atoms with E-state index in [0.717, 1.165) is 50.0 Å². The highest BCUT2D eigenvalue weighted by atomic mass is 16.1. The number of hydrogen-bond acceptors (Lipinski definition) is 5. The maximum Gasteiger partial charge on any atom is 0.258 e. The molecule has 0 bridgehead atoms. The van der Waals surface area contributed by atoms with E-state index in [2.05, 4.69) is 24.8 Å². The highest BCUT2D eigenvalue weighted by Crippen LogP contribution is 2.06. The monoisotopic (exact) mass is 323 g/mol. The van der Waals surface area contributed by atoms with Gasteiger partial charge in [0.1, 0.15) is 6.54 Å². The van der Waals surface area contributed by atoms with Crippen LogP contribution in [0.5, 0.6) is 0 Å². The average Bonchev–Trinajstić information content (AvgIpc) is 2.63. The summed E-state index contributed by atoms with van der Waals surface area (Å²) in [4.78, 5) is 31.9. The third kappa shape index (κ3) is 2.98. The van der Waals surface area contributed by atoms with E-state index in [9.17, 15) is 4.79 Å². The molecule has 0 spiro atoms. The summed E-state index contributed by atoms with van der Waals surface area (Å²) in [5, 5.41) is 0.641. The molecular formula is C17H19N6O+. The van der Waals surface area contributed by atoms with Gasteiger partial charge in [-0.2, -0.15) is 0 Å². The Hall–Kier alpha value is -2.80. The summed E-state index contributed by atoms with van der Waals surface area (Å²) in [7, 11) is 0. The lowest BCUT2D eigenvalue weighted by Gasteiger charge is -2.31. The standard InChI is InChI=1S/C17H18N6O/c24-16-13-4-1-2-5-14(13)20-15(21-16)12-22-8-10-23(11-9-22)17-18-6-3-7-19-17/h1-7H,8-12H2,(H,20,21,24)/p+1. The van der Waals surface area contributed by atoms with E-state index in [-0.39, 0.29) is 5.56 Å². The van der Waals surface area contributed by atoms with Gasteiger partial charge in [-0.1, -0.05) is 12.1 Å². The Morgan fingerprint density at radius 2 is 1.83 bits per heavy atom. The quantitative estimate of drug-likeness (QED) is 0.687. The maximum absolute atomic E-state index is 12.1. The summed E-state index contributed by atoms with van der Waals surface area (Å²) in [6.07, 6.45) is 3.54. The molecule has 1 aliphatic rings. The Morgan fingerprint density at radius 1 is 1.08 bits per heavy atom. The smallest absolute Gasteiger partial charge is 0.258 e. The van der Waals surface area contributed by atoms with E-state index in [0.29, 0.717) is 5.39 Å². The molecule has 0 saturated carbocycles. The molecule has 24 heavy (non-hydrogen) atoms. The molecular weight excluding hydrogens is 304 g/mol. The first-order valence-electron chi connectivity index (χ1n) is 8.13. The number of fused-ring (bicyclic) bond motifs is 1. The number of quaternary nitrogens is 1. The van der Waals surface area contributed by atoms with Crippen LogP contribution in [-0.2, 0) is 6.54 Å². The average molecular weight is 323 g/mol. The number of hydrogen-bond donors (Lipinski definition) is 2. The van der Waals surface area contributed by atoms with Crippen LogP contribution in [0.3, 0.4) is 0 Å². The first-order chi connectivity index (χ1) is 11.8. The molecule has 1 fully saturated rings. The van der Waals surface area contributed by atoms with Crippen LogP contribution in [0.2, 0.25) is 0 Å². The van der Waals surface area contributed by atoms with Crippen LogP contribution >= 0.6 is 0 Å². The molecule has 0 unspecified atom stereocenters. The Labute approximate surface area is 139 Å². The normalized spacial score (nSPS) is 15.8. The van der Waals surface area contributed by atoms with Gasteiger partial charge in [0.15, 0.2) is 5.82 Å². The molecule has 1 saturated heterocycles. The maximum atomic E-state index is 12.1. The highest BCUT2D eigenvalue weighted by molar-refractivity contribution is 5.77. The van der Waals surface area contributed by atoms with E-state index in [4.69, 9.17) is 0 Å². The zero-order chi connectivity index (χ0) is 16.4. The van der Waals surface area contributed by atoms with Crippen molar-refractivity contribution in [3.05, 3.63) is 58.9 Å². The predicted octanol–water partition coefficient (Wildman–Crippen LogP) is -0.382. The number of rotatable bonds is 3. The summed E-state index contributed by atoms with van der Waals surface area (Å²) < 4.78 is 0. The van der Waals surface area contributed by atoms with Crippen molar-refractivity contribution < 1.29 is 4.90 Å². The minimum atomic E-state index is -0.0636. The van der Waals surface area contributed by atoms with Crippen molar-refractivity contribution in [2.24, 2.45) is 0 Å². The molecule has 7 heteroatoms. The van der Waals surface area contributed by atoms with Crippen molar-refractivity contribution in [2.75, 3.05) is 31.1 Å². The van der Waals surface area contributed by atoms with Gasteiger partial charge in [0, 0.05) is 12.4 Å². The number of aromatic amines is 1. The molecule has 4 rings (SSSR count). The van der Waals surface area contributed by atoms with Gasteiger partial charge in [0.25, 0.3) is 5.56 Å². The van der Waals surface area contributed by atoms with Crippen molar-refractivity contribution in [1.82, 2.24) is 19.9 Å². The molecule has 2 aromatic heterocycles. The molecule has 0 radical (unpaired) electrons. The van der Waals surface area contributed by atoms with Gasteiger partial charge in [0.2, 0.25) is 5.95 Å². The predicted molar refractivity (Wildman–Crippen MR) is 91.0 cm³/mol. The number of nitrogens with one attached hydrogen (secondary N) is 2. The fourth-order valence-corrected chi connectivity index (χ4v) is 3.11. The van der Waals surface area contributed by atoms with Crippen LogP contribution in [0, 0.1) is 0 Å². The summed E-state index contributed by atoms with van der Waals surface area (Å²) in [5.41, 5.74) is 0.693. The molecule has 0 aliphatic carbocycles. The topological polar surface area (TPSA) is 79.2 Å². The van der Waals surface area contributed by atoms with Gasteiger partial charge >= 0.3 is 0 Å². The second-order valence-corrected chi connectivity index (χ2v) is 5.99. The van der Waals surface area contributed by atoms with Crippen molar-refractivity contribution in [3.8, 4) is 0 Å². The van der Waals surface area contributed by atoms with Gasteiger partial charge < -0.3 is 14.8 Å². The van der Waals surface area contributed by atoms with Gasteiger partial charge in [0.05, 0.1) is 37.1 Å². The van der Waals surface area contributed by atoms with Crippen molar-refractivity contribution in [3.63, 3.8) is 0 Å². The van der Waals surface area contributed by atoms with Crippen molar-refractivity contribution >= 4 is 16.9 Å². The second kappa shape index (κ2) is 6.37. The number of anilines is 1. The third-order valence-corrected chi connectivity index (χ3v) is 4.38. The first kappa shape index (κ1) is 14.8. The minimum Gasteiger partial charge on any atom is -0.330 e. The first-order valence-corrected chi connectivity index (χ1v) is 8.13. The second-order valence-electron chi connectivity index (χ2n) is 5.99. The van der Waals surface area contributed by atoms with E-state index in [1.165, 1.54) is 4.90 Å². The SMILES string of the molecule is O=c1[nH]c(C[NH+]2CCN(c3ncccn3)CC2)nc2ccccc12. The molecule has 3 heterocycles. The van der Waals surface area contributed by atoms with Crippen LogP contribution in [0.15, 0.2) is 47.5 Å². The molecule has 2 N–H and O–H groups in total. The lowest BCUT2D eigenvalue weighted by Crippen LogP contribution is -3.13. The molecule has 1 aliphatic heterocycles. The number of aromatic nitrogens is 4. The number of benzene rings is 1. The van der Waals surface area contributed by atoms with Crippen LogP contribution in [0.4, 0.5) is 5.95 Å². The van der Waals surface area contributed by atoms with E-state index >= 15 is 0 Å². The molecule has 7 nitrogen and oxygen atoms in total. The zero-order valence-corrected chi connectivity index (χ0v) is 13.3. The van der Waals surface area contributed by atoms with Crippen LogP contribution in [-0.4, -0.2) is 46.1 Å². The fraction of sp³-hybridized carbons (Fsp3) is 0.294. The van der Waals surface area contributed by atoms with Gasteiger partial charge in [-0.15, -0.1) is 0 Å². The zero-order valence-electron chi connectivity index (χ0n) is 13.3. The summed E-state index contributed by atoms with van der Waals surface area (Å²) in [6.45, 7) is 4.46. The van der Waals surface area contributed by atoms with Crippen LogP contribution in [0.1, 0.15) is 5.82 Å². The van der Waals surface area contributed by atoms with Crippen molar-refractivity contribution in [2.45, 2.75) is 6.54 Å². The fourth-order valence-electron chi connectivity index (χ4n) is 3.11. The highest BCUT2D eigenvalue weighted by Gasteiger charge is 2.22. The van der Waals surface area contributed by atoms with Gasteiger partial charge in [-0.05, 0) is 18.2 Å². The summed E-state index contributed by atoms with van der Waals surface area (Å²) in [6, 6.07) is 9.27. The summed E-state index contributed by atoms with van der Waals surface area (Å²) >= 11 is 0. The lowest BCUT2D eigenvalue weighted by molar-refractivity contribution is -0.915. The van der Waals surface area contributed by atoms with Crippen LogP contribution < -0.4 is 15.4 Å². The minimum absolute atomic E-state index is 0.0636. The summed E-state index contributed by atoms with van der Waals surface area (Å²) in [5.74, 6) is 1.53. The Balaban J connectivity index is 1.45. The van der Waals surface area contributed by atoms with Gasteiger partial charge in [-0.3, -0.25) is 4.79 Å². The van der Waals surface area contributed by atoms with E-state index in [1.807, 2.05) is 24.3 Å². The molecule has 0 atom stereocenters. The Kier molecular flexibility index (Phi) is 3.92. The molecule has 122 valence electrons. The Morgan fingerprint density at radius 3 is 2.62 bits per heavy atom.